The van der Waals surface area contributed by atoms with Crippen LogP contribution in [-0.2, 0) is 16.0 Å². The van der Waals surface area contributed by atoms with Crippen LogP contribution in [0, 0.1) is 11.3 Å². The van der Waals surface area contributed by atoms with E-state index in [0.717, 1.165) is 24.8 Å². The van der Waals surface area contributed by atoms with Gasteiger partial charge in [0.1, 0.15) is 0 Å². The summed E-state index contributed by atoms with van der Waals surface area (Å²) in [5, 5.41) is 0. The van der Waals surface area contributed by atoms with Crippen molar-refractivity contribution in [3.8, 4) is 0 Å². The molecule has 25 heavy (non-hydrogen) atoms. The second kappa shape index (κ2) is 6.36. The van der Waals surface area contributed by atoms with Crippen molar-refractivity contribution in [2.24, 2.45) is 11.3 Å². The Hall–Kier alpha value is -2.61. The zero-order valence-corrected chi connectivity index (χ0v) is 14.3. The molecule has 0 amide bonds. The minimum absolute atomic E-state index is 0.0378. The standard InChI is InChI=1S/C23H22O2/c1-17-13-21-16-25-22(24)23(21,14-17)15-20-11-9-19(10-12-20)8-7-18-5-3-2-4-6-18/h2-12,21H,1,13-16H2/b8-7+. The van der Waals surface area contributed by atoms with Crippen LogP contribution in [-0.4, -0.2) is 12.6 Å². The molecule has 2 aromatic rings. The first-order chi connectivity index (χ1) is 12.2. The third-order valence-corrected chi connectivity index (χ3v) is 5.47. The van der Waals surface area contributed by atoms with Crippen molar-refractivity contribution in [2.45, 2.75) is 19.3 Å². The zero-order chi connectivity index (χ0) is 17.3. The van der Waals surface area contributed by atoms with Gasteiger partial charge in [-0.25, -0.2) is 0 Å². The summed E-state index contributed by atoms with van der Waals surface area (Å²) < 4.78 is 5.36. The molecule has 126 valence electrons. The summed E-state index contributed by atoms with van der Waals surface area (Å²) in [6.07, 6.45) is 6.66. The molecule has 0 spiro atoms. The highest BCUT2D eigenvalue weighted by molar-refractivity contribution is 5.81. The van der Waals surface area contributed by atoms with Gasteiger partial charge < -0.3 is 4.74 Å². The van der Waals surface area contributed by atoms with Gasteiger partial charge in [0.05, 0.1) is 12.0 Å². The van der Waals surface area contributed by atoms with E-state index in [1.54, 1.807) is 0 Å². The molecule has 1 heterocycles. The van der Waals surface area contributed by atoms with E-state index in [2.05, 4.69) is 55.1 Å². The first-order valence-electron chi connectivity index (χ1n) is 8.82. The van der Waals surface area contributed by atoms with Crippen molar-refractivity contribution in [3.05, 3.63) is 83.4 Å². The van der Waals surface area contributed by atoms with Crippen LogP contribution in [0.15, 0.2) is 66.7 Å². The van der Waals surface area contributed by atoms with Crippen LogP contribution in [0.5, 0.6) is 0 Å². The Morgan fingerprint density at radius 1 is 1.04 bits per heavy atom. The number of allylic oxidation sites excluding steroid dienone is 1. The topological polar surface area (TPSA) is 26.3 Å². The SMILES string of the molecule is C=C1CC2COC(=O)C2(Cc2ccc(/C=C/c3ccccc3)cc2)C1. The number of carbonyl (C=O) groups excluding carboxylic acids is 1. The lowest BCUT2D eigenvalue weighted by Crippen LogP contribution is -2.31. The molecule has 0 N–H and O–H groups in total. The van der Waals surface area contributed by atoms with E-state index >= 15 is 0 Å². The highest BCUT2D eigenvalue weighted by atomic mass is 16.5. The fourth-order valence-corrected chi connectivity index (χ4v) is 4.13. The van der Waals surface area contributed by atoms with Crippen molar-refractivity contribution in [1.29, 1.82) is 0 Å². The Labute approximate surface area is 148 Å². The lowest BCUT2D eigenvalue weighted by molar-refractivity contribution is -0.146. The summed E-state index contributed by atoms with van der Waals surface area (Å²) in [6, 6.07) is 18.8. The molecule has 2 fully saturated rings. The molecule has 2 aliphatic rings. The average molecular weight is 330 g/mol. The molecular formula is C23H22O2. The fourth-order valence-electron chi connectivity index (χ4n) is 4.13. The zero-order valence-electron chi connectivity index (χ0n) is 14.3. The van der Waals surface area contributed by atoms with Gasteiger partial charge in [-0.15, -0.1) is 0 Å². The van der Waals surface area contributed by atoms with Crippen molar-refractivity contribution in [3.63, 3.8) is 0 Å². The molecule has 0 bridgehead atoms. The van der Waals surface area contributed by atoms with E-state index in [1.807, 2.05) is 18.2 Å². The van der Waals surface area contributed by atoms with E-state index < -0.39 is 0 Å². The molecular weight excluding hydrogens is 308 g/mol. The van der Waals surface area contributed by atoms with Gasteiger partial charge >= 0.3 is 5.97 Å². The van der Waals surface area contributed by atoms with Crippen molar-refractivity contribution < 1.29 is 9.53 Å². The normalized spacial score (nSPS) is 25.4. The molecule has 1 aliphatic heterocycles. The van der Waals surface area contributed by atoms with Crippen LogP contribution in [0.2, 0.25) is 0 Å². The minimum atomic E-state index is -0.377. The first kappa shape index (κ1) is 15.9. The number of rotatable bonds is 4. The second-order valence-corrected chi connectivity index (χ2v) is 7.24. The Morgan fingerprint density at radius 2 is 1.72 bits per heavy atom. The number of benzene rings is 2. The van der Waals surface area contributed by atoms with Crippen LogP contribution in [0.3, 0.4) is 0 Å². The summed E-state index contributed by atoms with van der Waals surface area (Å²) >= 11 is 0. The number of hydrogen-bond acceptors (Lipinski definition) is 2. The van der Waals surface area contributed by atoms with Gasteiger partial charge in [0.2, 0.25) is 0 Å². The Balaban J connectivity index is 1.50. The summed E-state index contributed by atoms with van der Waals surface area (Å²) in [7, 11) is 0. The van der Waals surface area contributed by atoms with E-state index in [-0.39, 0.29) is 11.4 Å². The van der Waals surface area contributed by atoms with E-state index in [1.165, 1.54) is 16.7 Å². The van der Waals surface area contributed by atoms with E-state index in [9.17, 15) is 4.79 Å². The van der Waals surface area contributed by atoms with Gasteiger partial charge in [-0.3, -0.25) is 4.79 Å². The largest absolute Gasteiger partial charge is 0.465 e. The molecule has 4 rings (SSSR count). The minimum Gasteiger partial charge on any atom is -0.465 e. The molecule has 2 nitrogen and oxygen atoms in total. The molecule has 0 aromatic heterocycles. The Morgan fingerprint density at radius 3 is 2.44 bits per heavy atom. The lowest BCUT2D eigenvalue weighted by atomic mass is 9.75. The average Bonchev–Trinajstić information content (AvgIpc) is 3.10. The van der Waals surface area contributed by atoms with E-state index in [0.29, 0.717) is 12.5 Å². The van der Waals surface area contributed by atoms with Gasteiger partial charge in [-0.1, -0.05) is 78.9 Å². The lowest BCUT2D eigenvalue weighted by Gasteiger charge is -2.24. The van der Waals surface area contributed by atoms with E-state index in [4.69, 9.17) is 4.74 Å². The number of esters is 1. The number of cyclic esters (lactones) is 1. The predicted molar refractivity (Wildman–Crippen MR) is 101 cm³/mol. The maximum atomic E-state index is 12.4. The quantitative estimate of drug-likeness (QED) is 0.452. The molecule has 1 saturated heterocycles. The molecule has 2 atom stereocenters. The smallest absolute Gasteiger partial charge is 0.313 e. The van der Waals surface area contributed by atoms with Crippen LogP contribution in [0.1, 0.15) is 29.5 Å². The van der Waals surface area contributed by atoms with Gasteiger partial charge in [0, 0.05) is 5.92 Å². The predicted octanol–water partition coefficient (Wildman–Crippen LogP) is 4.91. The monoisotopic (exact) mass is 330 g/mol. The Kier molecular flexibility index (Phi) is 4.04. The third kappa shape index (κ3) is 3.05. The van der Waals surface area contributed by atoms with Crippen LogP contribution < -0.4 is 0 Å². The summed E-state index contributed by atoms with van der Waals surface area (Å²) in [4.78, 5) is 12.4. The number of carbonyl (C=O) groups is 1. The highest BCUT2D eigenvalue weighted by Gasteiger charge is 2.55. The molecule has 0 radical (unpaired) electrons. The summed E-state index contributed by atoms with van der Waals surface area (Å²) in [5.74, 6) is 0.259. The van der Waals surface area contributed by atoms with Crippen molar-refractivity contribution in [2.75, 3.05) is 6.61 Å². The first-order valence-corrected chi connectivity index (χ1v) is 8.82. The van der Waals surface area contributed by atoms with Gasteiger partial charge in [-0.2, -0.15) is 0 Å². The maximum Gasteiger partial charge on any atom is 0.313 e. The number of fused-ring (bicyclic) bond motifs is 1. The summed E-state index contributed by atoms with van der Waals surface area (Å²) in [6.45, 7) is 4.66. The van der Waals surface area contributed by atoms with Crippen LogP contribution in [0.25, 0.3) is 12.2 Å². The molecule has 2 aromatic carbocycles. The molecule has 1 saturated carbocycles. The fraction of sp³-hybridized carbons (Fsp3) is 0.261. The van der Waals surface area contributed by atoms with Gasteiger partial charge in [0.25, 0.3) is 0 Å². The third-order valence-electron chi connectivity index (χ3n) is 5.47. The summed E-state index contributed by atoms with van der Waals surface area (Å²) in [5.41, 5.74) is 4.34. The van der Waals surface area contributed by atoms with Gasteiger partial charge in [-0.05, 0) is 36.0 Å². The van der Waals surface area contributed by atoms with Crippen LogP contribution >= 0.6 is 0 Å². The molecule has 2 heteroatoms. The molecule has 2 unspecified atom stereocenters. The maximum absolute atomic E-state index is 12.4. The second-order valence-electron chi connectivity index (χ2n) is 7.24. The number of ether oxygens (including phenoxy) is 1. The number of hydrogen-bond donors (Lipinski definition) is 0. The molecule has 1 aliphatic carbocycles. The van der Waals surface area contributed by atoms with Crippen LogP contribution in [0.4, 0.5) is 0 Å². The van der Waals surface area contributed by atoms with Crippen molar-refractivity contribution in [1.82, 2.24) is 0 Å². The highest BCUT2D eigenvalue weighted by Crippen LogP contribution is 2.52. The van der Waals surface area contributed by atoms with Gasteiger partial charge in [0.15, 0.2) is 0 Å². The Bertz CT molecular complexity index is 817. The van der Waals surface area contributed by atoms with Crippen molar-refractivity contribution >= 4 is 18.1 Å².